The molecule has 0 saturated carbocycles. The van der Waals surface area contributed by atoms with Crippen LogP contribution in [0.4, 0.5) is 0 Å². The van der Waals surface area contributed by atoms with Crippen LogP contribution < -0.4 is 0 Å². The fraction of sp³-hybridized carbons (Fsp3) is 0.462. The lowest BCUT2D eigenvalue weighted by molar-refractivity contribution is 0.0883. The van der Waals surface area contributed by atoms with Crippen molar-refractivity contribution in [3.63, 3.8) is 0 Å². The molecule has 0 fully saturated rings. The minimum absolute atomic E-state index is 0.579. The molecular formula is C13H18BrIN2OSi. The number of nitrogens with zero attached hydrogens (tertiary/aromatic N) is 2. The number of fused-ring (bicyclic) bond motifs is 1. The van der Waals surface area contributed by atoms with Gasteiger partial charge in [0.05, 0.1) is 3.70 Å². The molecule has 2 aromatic rings. The van der Waals surface area contributed by atoms with Gasteiger partial charge in [-0.15, -0.1) is 0 Å². The van der Waals surface area contributed by atoms with Crippen molar-refractivity contribution in [3.05, 3.63) is 26.5 Å². The van der Waals surface area contributed by atoms with Gasteiger partial charge in [-0.2, -0.15) is 0 Å². The van der Waals surface area contributed by atoms with Crippen molar-refractivity contribution in [2.75, 3.05) is 6.61 Å². The molecule has 0 unspecified atom stereocenters. The van der Waals surface area contributed by atoms with Gasteiger partial charge < -0.3 is 4.74 Å². The molecule has 0 aliphatic heterocycles. The molecule has 0 amide bonds. The molecule has 0 spiro atoms. The quantitative estimate of drug-likeness (QED) is 0.284. The number of pyridine rings is 1. The van der Waals surface area contributed by atoms with E-state index in [2.05, 4.69) is 79.8 Å². The Morgan fingerprint density at radius 1 is 1.37 bits per heavy atom. The molecule has 0 N–H and O–H groups in total. The summed E-state index contributed by atoms with van der Waals surface area (Å²) < 4.78 is 9.95. The zero-order chi connectivity index (χ0) is 14.0. The average Bonchev–Trinajstić information content (AvgIpc) is 2.59. The van der Waals surface area contributed by atoms with Crippen molar-refractivity contribution in [1.29, 1.82) is 0 Å². The molecule has 104 valence electrons. The molecule has 0 aliphatic rings. The van der Waals surface area contributed by atoms with Crippen LogP contribution >= 0.6 is 38.5 Å². The van der Waals surface area contributed by atoms with E-state index in [9.17, 15) is 0 Å². The summed E-state index contributed by atoms with van der Waals surface area (Å²) in [5.74, 6) is 0. The van der Waals surface area contributed by atoms with E-state index >= 15 is 0 Å². The van der Waals surface area contributed by atoms with Gasteiger partial charge in [-0.1, -0.05) is 19.6 Å². The highest BCUT2D eigenvalue weighted by molar-refractivity contribution is 14.1. The molecule has 0 saturated heterocycles. The van der Waals surface area contributed by atoms with Crippen LogP contribution in [0.2, 0.25) is 25.7 Å². The van der Waals surface area contributed by atoms with E-state index in [4.69, 9.17) is 4.74 Å². The average molecular weight is 453 g/mol. The van der Waals surface area contributed by atoms with Crippen LogP contribution in [0.1, 0.15) is 0 Å². The molecule has 2 aromatic heterocycles. The van der Waals surface area contributed by atoms with E-state index in [1.165, 1.54) is 6.04 Å². The zero-order valence-corrected chi connectivity index (χ0v) is 16.2. The maximum Gasteiger partial charge on any atom is 0.143 e. The highest BCUT2D eigenvalue weighted by Gasteiger charge is 2.13. The summed E-state index contributed by atoms with van der Waals surface area (Å²) in [7, 11) is -1.01. The standard InChI is InChI=1S/C13H18BrIN2OSi/c1-19(2,3)7-6-18-9-17-12(15)8-10-4-5-11(14)16-13(10)17/h4-5,8H,6-7,9H2,1-3H3. The fourth-order valence-electron chi connectivity index (χ4n) is 1.73. The van der Waals surface area contributed by atoms with E-state index in [-0.39, 0.29) is 0 Å². The molecule has 0 bridgehead atoms. The molecule has 6 heteroatoms. The summed E-state index contributed by atoms with van der Waals surface area (Å²) in [4.78, 5) is 4.53. The number of hydrogen-bond donors (Lipinski definition) is 0. The Morgan fingerprint density at radius 3 is 2.79 bits per heavy atom. The lowest BCUT2D eigenvalue weighted by atomic mass is 10.3. The highest BCUT2D eigenvalue weighted by Crippen LogP contribution is 2.22. The Kier molecular flexibility index (Phi) is 5.08. The number of hydrogen-bond acceptors (Lipinski definition) is 2. The predicted molar refractivity (Wildman–Crippen MR) is 94.3 cm³/mol. The molecule has 2 rings (SSSR count). The molecule has 0 radical (unpaired) electrons. The third-order valence-corrected chi connectivity index (χ3v) is 5.92. The lowest BCUT2D eigenvalue weighted by Gasteiger charge is -2.16. The molecule has 0 atom stereocenters. The smallest absolute Gasteiger partial charge is 0.143 e. The molecule has 3 nitrogen and oxygen atoms in total. The van der Waals surface area contributed by atoms with Gasteiger partial charge in [0.15, 0.2) is 0 Å². The van der Waals surface area contributed by atoms with Crippen LogP contribution in [0.15, 0.2) is 22.8 Å². The van der Waals surface area contributed by atoms with Gasteiger partial charge in [0.1, 0.15) is 17.0 Å². The summed E-state index contributed by atoms with van der Waals surface area (Å²) >= 11 is 5.75. The van der Waals surface area contributed by atoms with E-state index in [1.54, 1.807) is 0 Å². The van der Waals surface area contributed by atoms with Crippen molar-refractivity contribution in [3.8, 4) is 0 Å². The van der Waals surface area contributed by atoms with Crippen molar-refractivity contribution in [2.24, 2.45) is 0 Å². The fourth-order valence-corrected chi connectivity index (χ4v) is 3.49. The maximum atomic E-state index is 5.82. The van der Waals surface area contributed by atoms with Crippen molar-refractivity contribution >= 4 is 57.6 Å². The maximum absolute atomic E-state index is 5.82. The van der Waals surface area contributed by atoms with Gasteiger partial charge in [-0.05, 0) is 62.8 Å². The van der Waals surface area contributed by atoms with E-state index in [0.717, 1.165) is 25.9 Å². The van der Waals surface area contributed by atoms with Crippen LogP contribution in [0.3, 0.4) is 0 Å². The number of ether oxygens (including phenoxy) is 1. The number of rotatable bonds is 5. The van der Waals surface area contributed by atoms with E-state index in [1.807, 2.05) is 6.07 Å². The SMILES string of the molecule is C[Si](C)(C)CCOCn1c(I)cc2ccc(Br)nc21. The summed E-state index contributed by atoms with van der Waals surface area (Å²) in [5.41, 5.74) is 0.978. The molecule has 0 aromatic carbocycles. The van der Waals surface area contributed by atoms with Gasteiger partial charge in [-0.3, -0.25) is 4.57 Å². The summed E-state index contributed by atoms with van der Waals surface area (Å²) in [6.45, 7) is 8.51. The van der Waals surface area contributed by atoms with Crippen LogP contribution in [0.5, 0.6) is 0 Å². The predicted octanol–water partition coefficient (Wildman–Crippen LogP) is 4.72. The normalized spacial score (nSPS) is 12.3. The Labute approximate surface area is 137 Å². The minimum atomic E-state index is -1.01. The first-order valence-corrected chi connectivity index (χ1v) is 11.8. The van der Waals surface area contributed by atoms with E-state index in [0.29, 0.717) is 6.73 Å². The van der Waals surface area contributed by atoms with Crippen molar-refractivity contribution in [2.45, 2.75) is 32.4 Å². The Balaban J connectivity index is 2.08. The topological polar surface area (TPSA) is 27.1 Å². The van der Waals surface area contributed by atoms with Gasteiger partial charge in [0.2, 0.25) is 0 Å². The monoisotopic (exact) mass is 452 g/mol. The Bertz CT molecular complexity index is 580. The van der Waals surface area contributed by atoms with Crippen LogP contribution in [-0.4, -0.2) is 24.2 Å². The molecule has 0 aliphatic carbocycles. The zero-order valence-electron chi connectivity index (χ0n) is 11.4. The van der Waals surface area contributed by atoms with Crippen LogP contribution in [-0.2, 0) is 11.5 Å². The first-order valence-electron chi connectivity index (χ1n) is 6.26. The lowest BCUT2D eigenvalue weighted by Crippen LogP contribution is -2.22. The summed E-state index contributed by atoms with van der Waals surface area (Å²) in [5, 5.41) is 1.15. The van der Waals surface area contributed by atoms with Crippen LogP contribution in [0, 0.1) is 3.70 Å². The van der Waals surface area contributed by atoms with Crippen molar-refractivity contribution < 1.29 is 4.74 Å². The second-order valence-corrected chi connectivity index (χ2v) is 13.3. The summed E-state index contributed by atoms with van der Waals surface area (Å²) in [6, 6.07) is 7.37. The van der Waals surface area contributed by atoms with E-state index < -0.39 is 8.07 Å². The van der Waals surface area contributed by atoms with Gasteiger partial charge in [0.25, 0.3) is 0 Å². The van der Waals surface area contributed by atoms with Gasteiger partial charge in [0, 0.05) is 20.1 Å². The van der Waals surface area contributed by atoms with Gasteiger partial charge in [-0.25, -0.2) is 4.98 Å². The van der Waals surface area contributed by atoms with Gasteiger partial charge >= 0.3 is 0 Å². The third kappa shape index (κ3) is 4.27. The minimum Gasteiger partial charge on any atom is -0.361 e. The number of aromatic nitrogens is 2. The third-order valence-electron chi connectivity index (χ3n) is 2.88. The second-order valence-electron chi connectivity index (χ2n) is 5.79. The largest absolute Gasteiger partial charge is 0.361 e. The van der Waals surface area contributed by atoms with Crippen LogP contribution in [0.25, 0.3) is 11.0 Å². The molecule has 19 heavy (non-hydrogen) atoms. The first-order chi connectivity index (χ1) is 8.87. The Morgan fingerprint density at radius 2 is 2.11 bits per heavy atom. The Hall–Kier alpha value is 0.0769. The molecular weight excluding hydrogens is 435 g/mol. The molecule has 2 heterocycles. The van der Waals surface area contributed by atoms with Crippen molar-refractivity contribution in [1.82, 2.24) is 9.55 Å². The summed E-state index contributed by atoms with van der Waals surface area (Å²) in [6.07, 6.45) is 0. The second kappa shape index (κ2) is 6.24. The number of halogens is 2. The highest BCUT2D eigenvalue weighted by atomic mass is 127. The first kappa shape index (κ1) is 15.5.